The number of benzene rings is 1. The largest absolute Gasteiger partial charge is 0.481 e. The van der Waals surface area contributed by atoms with E-state index < -0.39 is 5.97 Å². The fourth-order valence-electron chi connectivity index (χ4n) is 5.25. The van der Waals surface area contributed by atoms with Gasteiger partial charge in [-0.15, -0.1) is 0 Å². The monoisotopic (exact) mass is 539 g/mol. The molecule has 4 rings (SSSR count). The van der Waals surface area contributed by atoms with Crippen molar-refractivity contribution in [3.8, 4) is 0 Å². The number of hydrogen-bond donors (Lipinski definition) is 2. The molecule has 0 aliphatic carbocycles. The number of likely N-dealkylation sites (tertiary alicyclic amines) is 1. The molecule has 3 heterocycles. The molecule has 0 radical (unpaired) electrons. The average Bonchev–Trinajstić information content (AvgIpc) is 2.84. The van der Waals surface area contributed by atoms with E-state index in [-0.39, 0.29) is 12.5 Å². The summed E-state index contributed by atoms with van der Waals surface area (Å²) in [6.45, 7) is 6.47. The van der Waals surface area contributed by atoms with E-state index in [4.69, 9.17) is 44.9 Å². The first-order valence-electron chi connectivity index (χ1n) is 12.2. The van der Waals surface area contributed by atoms with Gasteiger partial charge in [0.25, 0.3) is 0 Å². The number of halogens is 3. The van der Waals surface area contributed by atoms with Crippen molar-refractivity contribution in [2.45, 2.75) is 45.1 Å². The van der Waals surface area contributed by atoms with Gasteiger partial charge in [0.15, 0.2) is 5.82 Å². The van der Waals surface area contributed by atoms with E-state index in [0.29, 0.717) is 45.2 Å². The normalized spacial score (nSPS) is 20.6. The van der Waals surface area contributed by atoms with E-state index in [1.807, 2.05) is 19.1 Å². The molecule has 0 spiro atoms. The zero-order chi connectivity index (χ0) is 24.9. The molecule has 1 aromatic heterocycles. The Morgan fingerprint density at radius 2 is 1.91 bits per heavy atom. The van der Waals surface area contributed by atoms with Crippen molar-refractivity contribution in [3.63, 3.8) is 0 Å². The zero-order valence-corrected chi connectivity index (χ0v) is 22.2. The minimum atomic E-state index is -0.720. The summed E-state index contributed by atoms with van der Waals surface area (Å²) < 4.78 is 0. The summed E-state index contributed by atoms with van der Waals surface area (Å²) in [5.41, 5.74) is 0.915. The first kappa shape index (κ1) is 26.3. The zero-order valence-electron chi connectivity index (χ0n) is 19.9. The molecule has 2 atom stereocenters. The molecule has 0 unspecified atom stereocenters. The third-order valence-corrected chi connectivity index (χ3v) is 8.03. The van der Waals surface area contributed by atoms with Crippen LogP contribution in [0.25, 0.3) is 0 Å². The van der Waals surface area contributed by atoms with Gasteiger partial charge in [-0.1, -0.05) is 40.9 Å². The maximum absolute atomic E-state index is 10.9. The number of piperidine rings is 2. The average molecular weight is 541 g/mol. The van der Waals surface area contributed by atoms with Crippen molar-refractivity contribution in [2.24, 2.45) is 11.8 Å². The molecule has 2 aliphatic rings. The van der Waals surface area contributed by atoms with E-state index in [1.54, 1.807) is 12.3 Å². The number of carboxylic acids is 1. The summed E-state index contributed by atoms with van der Waals surface area (Å²) in [5, 5.41) is 14.0. The number of aromatic nitrogens is 2. The Hall–Kier alpha value is -1.80. The van der Waals surface area contributed by atoms with E-state index >= 15 is 0 Å². The summed E-state index contributed by atoms with van der Waals surface area (Å²) in [5.74, 6) is 1.82. The summed E-state index contributed by atoms with van der Waals surface area (Å²) in [4.78, 5) is 24.7. The third-order valence-electron chi connectivity index (χ3n) is 7.19. The van der Waals surface area contributed by atoms with Crippen LogP contribution in [0.1, 0.15) is 50.6 Å². The van der Waals surface area contributed by atoms with Gasteiger partial charge in [0, 0.05) is 36.2 Å². The fraction of sp³-hybridized carbons (Fsp3) is 0.560. The van der Waals surface area contributed by atoms with Gasteiger partial charge < -0.3 is 20.2 Å². The topological polar surface area (TPSA) is 81.6 Å². The van der Waals surface area contributed by atoms with Crippen molar-refractivity contribution < 1.29 is 9.90 Å². The fourth-order valence-corrected chi connectivity index (χ4v) is 5.97. The molecule has 1 aromatic carbocycles. The molecule has 2 aromatic rings. The van der Waals surface area contributed by atoms with Gasteiger partial charge in [0.05, 0.1) is 18.7 Å². The molecule has 10 heteroatoms. The number of aliphatic carboxylic acids is 1. The lowest BCUT2D eigenvalue weighted by molar-refractivity contribution is -0.137. The van der Waals surface area contributed by atoms with Crippen LogP contribution in [-0.4, -0.2) is 58.7 Å². The predicted octanol–water partition coefficient (Wildman–Crippen LogP) is 6.01. The standard InChI is InChI=1S/C25H32Cl3N5O2/c1-16(20-5-4-19(26)13-21(20)27)30-24-22(28)14-29-25(31-24)33-11-6-17(7-12-33)18-3-2-9-32(15-18)10-8-23(34)35/h4-5,13-14,16-18H,2-3,6-12,15H2,1H3,(H,34,35)(H,29,30,31)/t16-,18+/m1/s1. The predicted molar refractivity (Wildman–Crippen MR) is 142 cm³/mol. The molecule has 0 amide bonds. The SMILES string of the molecule is C[C@@H](Nc1nc(N2CCC([C@H]3CCCN(CCC(=O)O)C3)CC2)ncc1Cl)c1ccc(Cl)cc1Cl. The number of carboxylic acid groups (broad SMARTS) is 1. The summed E-state index contributed by atoms with van der Waals surface area (Å²) in [6, 6.07) is 5.33. The van der Waals surface area contributed by atoms with Crippen molar-refractivity contribution in [2.75, 3.05) is 42.9 Å². The number of rotatable bonds is 8. The highest BCUT2D eigenvalue weighted by atomic mass is 35.5. The molecule has 2 saturated heterocycles. The highest BCUT2D eigenvalue weighted by Crippen LogP contribution is 2.34. The van der Waals surface area contributed by atoms with Crippen LogP contribution in [0.15, 0.2) is 24.4 Å². The van der Waals surface area contributed by atoms with E-state index in [1.165, 1.54) is 6.42 Å². The van der Waals surface area contributed by atoms with Crippen molar-refractivity contribution >= 4 is 52.5 Å². The molecule has 2 fully saturated rings. The maximum Gasteiger partial charge on any atom is 0.304 e. The van der Waals surface area contributed by atoms with Gasteiger partial charge >= 0.3 is 5.97 Å². The van der Waals surface area contributed by atoms with E-state index in [0.717, 1.165) is 51.0 Å². The van der Waals surface area contributed by atoms with Crippen LogP contribution in [0.5, 0.6) is 0 Å². The number of carbonyl (C=O) groups is 1. The smallest absolute Gasteiger partial charge is 0.304 e. The quantitative estimate of drug-likeness (QED) is 0.424. The number of hydrogen-bond acceptors (Lipinski definition) is 6. The Balaban J connectivity index is 1.35. The van der Waals surface area contributed by atoms with Crippen molar-refractivity contribution in [1.82, 2.24) is 14.9 Å². The Kier molecular flexibility index (Phi) is 8.97. The Morgan fingerprint density at radius 3 is 2.63 bits per heavy atom. The van der Waals surface area contributed by atoms with E-state index in [2.05, 4.69) is 20.1 Å². The first-order chi connectivity index (χ1) is 16.8. The lowest BCUT2D eigenvalue weighted by atomic mass is 9.79. The van der Waals surface area contributed by atoms with Crippen LogP contribution in [0.2, 0.25) is 15.1 Å². The minimum Gasteiger partial charge on any atom is -0.481 e. The van der Waals surface area contributed by atoms with Gasteiger partial charge in [0.2, 0.25) is 5.95 Å². The number of anilines is 2. The summed E-state index contributed by atoms with van der Waals surface area (Å²) in [7, 11) is 0. The summed E-state index contributed by atoms with van der Waals surface area (Å²) in [6.07, 6.45) is 6.42. The molecule has 0 bridgehead atoms. The van der Waals surface area contributed by atoms with Gasteiger partial charge in [0.1, 0.15) is 5.02 Å². The van der Waals surface area contributed by atoms with Crippen molar-refractivity contribution in [3.05, 3.63) is 45.0 Å². The van der Waals surface area contributed by atoms with Gasteiger partial charge in [-0.25, -0.2) is 4.98 Å². The molecule has 35 heavy (non-hydrogen) atoms. The Labute approximate surface area is 221 Å². The lowest BCUT2D eigenvalue weighted by Gasteiger charge is -2.40. The minimum absolute atomic E-state index is 0.110. The van der Waals surface area contributed by atoms with Crippen molar-refractivity contribution in [1.29, 1.82) is 0 Å². The maximum atomic E-state index is 10.9. The van der Waals surface area contributed by atoms with Gasteiger partial charge in [-0.2, -0.15) is 4.98 Å². The number of nitrogens with zero attached hydrogens (tertiary/aromatic N) is 4. The molecule has 190 valence electrons. The van der Waals surface area contributed by atoms with Crippen LogP contribution in [-0.2, 0) is 4.79 Å². The Bertz CT molecular complexity index is 1030. The second-order valence-electron chi connectivity index (χ2n) is 9.57. The molecule has 2 aliphatic heterocycles. The first-order valence-corrected chi connectivity index (χ1v) is 13.4. The third kappa shape index (κ3) is 6.91. The molecular weight excluding hydrogens is 509 g/mol. The second kappa shape index (κ2) is 12.0. The Morgan fingerprint density at radius 1 is 1.14 bits per heavy atom. The van der Waals surface area contributed by atoms with Gasteiger partial charge in [-0.3, -0.25) is 4.79 Å². The van der Waals surface area contributed by atoms with Crippen LogP contribution in [0.3, 0.4) is 0 Å². The van der Waals surface area contributed by atoms with Gasteiger partial charge in [-0.05, 0) is 68.7 Å². The molecule has 7 nitrogen and oxygen atoms in total. The highest BCUT2D eigenvalue weighted by molar-refractivity contribution is 6.35. The lowest BCUT2D eigenvalue weighted by Crippen LogP contribution is -2.43. The number of nitrogens with one attached hydrogen (secondary N) is 1. The van der Waals surface area contributed by atoms with Crippen LogP contribution in [0, 0.1) is 11.8 Å². The molecule has 0 saturated carbocycles. The summed E-state index contributed by atoms with van der Waals surface area (Å²) >= 11 is 18.8. The highest BCUT2D eigenvalue weighted by Gasteiger charge is 2.31. The van der Waals surface area contributed by atoms with Crippen LogP contribution in [0.4, 0.5) is 11.8 Å². The van der Waals surface area contributed by atoms with Crippen LogP contribution < -0.4 is 10.2 Å². The van der Waals surface area contributed by atoms with Crippen LogP contribution >= 0.6 is 34.8 Å². The molecule has 2 N–H and O–H groups in total. The van der Waals surface area contributed by atoms with E-state index in [9.17, 15) is 4.79 Å². The molecular formula is C25H32Cl3N5O2. The second-order valence-corrected chi connectivity index (χ2v) is 10.8.